The Morgan fingerprint density at radius 3 is 1.60 bits per heavy atom. The Kier molecular flexibility index (Phi) is 13.2. The van der Waals surface area contributed by atoms with Crippen molar-refractivity contribution in [2.24, 2.45) is 0 Å². The van der Waals surface area contributed by atoms with Crippen LogP contribution in [0.2, 0.25) is 0 Å². The molecule has 0 aliphatic carbocycles. The quantitative estimate of drug-likeness (QED) is 0.102. The molecule has 5 aromatic rings. The summed E-state index contributed by atoms with van der Waals surface area (Å²) in [7, 11) is 0. The molecule has 5 nitrogen and oxygen atoms in total. The average Bonchev–Trinajstić information content (AvgIpc) is 3.15. The van der Waals surface area contributed by atoms with E-state index in [0.29, 0.717) is 33.0 Å². The van der Waals surface area contributed by atoms with Crippen LogP contribution < -0.4 is 4.46 Å². The van der Waals surface area contributed by atoms with E-state index in [1.165, 1.54) is 4.46 Å². The van der Waals surface area contributed by atoms with Crippen LogP contribution >= 0.6 is 0 Å². The molecule has 5 atom stereocenters. The van der Waals surface area contributed by atoms with Gasteiger partial charge in [0.1, 0.15) is 0 Å². The standard InChI is InChI=1S/C42H42O5Se/c1-6-17-33(18-7-1)25-16-28-44-41-40(46-31-36-23-12-4-13-24-36)39(45-30-35-21-10-3-11-22-35)38(32-43-29-34-19-8-2-9-20-34)47-42(41)48-37-26-14-5-15-27-37/h1-27,38-42H,28-32H2/b25-16+/t38-,39-,40+,41-,42+/m1/s1. The van der Waals surface area contributed by atoms with Gasteiger partial charge in [0.2, 0.25) is 0 Å². The van der Waals surface area contributed by atoms with Crippen LogP contribution in [0.15, 0.2) is 158 Å². The van der Waals surface area contributed by atoms with Gasteiger partial charge in [0.15, 0.2) is 0 Å². The summed E-state index contributed by atoms with van der Waals surface area (Å²) >= 11 is -0.0640. The van der Waals surface area contributed by atoms with Gasteiger partial charge in [0, 0.05) is 0 Å². The number of hydrogen-bond donors (Lipinski definition) is 0. The second-order valence-electron chi connectivity index (χ2n) is 11.6. The number of benzene rings is 5. The molecule has 0 spiro atoms. The Labute approximate surface area is 290 Å². The second-order valence-corrected chi connectivity index (χ2v) is 14.1. The molecule has 5 aromatic carbocycles. The van der Waals surface area contributed by atoms with Crippen LogP contribution in [0.4, 0.5) is 0 Å². The molecule has 1 heterocycles. The normalized spacial score (nSPS) is 21.0. The Bertz CT molecular complexity index is 1620. The molecule has 48 heavy (non-hydrogen) atoms. The summed E-state index contributed by atoms with van der Waals surface area (Å²) < 4.78 is 34.9. The van der Waals surface area contributed by atoms with Crippen LogP contribution in [0, 0.1) is 0 Å². The molecule has 0 amide bonds. The van der Waals surface area contributed by atoms with E-state index >= 15 is 0 Å². The van der Waals surface area contributed by atoms with Gasteiger partial charge in [-0.3, -0.25) is 0 Å². The zero-order valence-corrected chi connectivity index (χ0v) is 28.7. The first-order valence-electron chi connectivity index (χ1n) is 16.4. The molecular formula is C42H42O5Se. The van der Waals surface area contributed by atoms with Crippen LogP contribution in [0.3, 0.4) is 0 Å². The van der Waals surface area contributed by atoms with Crippen molar-refractivity contribution in [3.63, 3.8) is 0 Å². The summed E-state index contributed by atoms with van der Waals surface area (Å²) in [5.41, 5.74) is 4.42. The van der Waals surface area contributed by atoms with Crippen molar-refractivity contribution < 1.29 is 23.7 Å². The van der Waals surface area contributed by atoms with Crippen LogP contribution in [0.1, 0.15) is 22.3 Å². The molecule has 0 aromatic heterocycles. The molecule has 0 radical (unpaired) electrons. The van der Waals surface area contributed by atoms with E-state index in [-0.39, 0.29) is 32.2 Å². The molecule has 0 bridgehead atoms. The van der Waals surface area contributed by atoms with Crippen LogP contribution in [0.5, 0.6) is 0 Å². The van der Waals surface area contributed by atoms with E-state index in [1.807, 2.05) is 78.9 Å². The number of ether oxygens (including phenoxy) is 5. The fourth-order valence-electron chi connectivity index (χ4n) is 5.62. The van der Waals surface area contributed by atoms with Crippen molar-refractivity contribution in [2.45, 2.75) is 49.2 Å². The Hall–Kier alpha value is -3.84. The Morgan fingerprint density at radius 1 is 0.521 bits per heavy atom. The molecule has 0 saturated carbocycles. The van der Waals surface area contributed by atoms with Gasteiger partial charge in [-0.1, -0.05) is 0 Å². The van der Waals surface area contributed by atoms with Gasteiger partial charge in [0.25, 0.3) is 0 Å². The van der Waals surface area contributed by atoms with E-state index in [4.69, 9.17) is 23.7 Å². The molecule has 0 N–H and O–H groups in total. The zero-order valence-electron chi connectivity index (χ0n) is 27.0. The fraction of sp³-hybridized carbons (Fsp3) is 0.238. The zero-order chi connectivity index (χ0) is 32.6. The van der Waals surface area contributed by atoms with Crippen molar-refractivity contribution in [3.05, 3.63) is 180 Å². The number of hydrogen-bond acceptors (Lipinski definition) is 5. The first-order valence-corrected chi connectivity index (χ1v) is 18.3. The first-order chi connectivity index (χ1) is 23.8. The van der Waals surface area contributed by atoms with Crippen molar-refractivity contribution in [1.29, 1.82) is 0 Å². The van der Waals surface area contributed by atoms with Gasteiger partial charge < -0.3 is 0 Å². The van der Waals surface area contributed by atoms with E-state index in [2.05, 4.69) is 84.9 Å². The summed E-state index contributed by atoms with van der Waals surface area (Å²) in [6.45, 7) is 2.11. The third-order valence-corrected chi connectivity index (χ3v) is 10.5. The van der Waals surface area contributed by atoms with E-state index in [0.717, 1.165) is 22.3 Å². The monoisotopic (exact) mass is 706 g/mol. The van der Waals surface area contributed by atoms with Crippen LogP contribution in [0.25, 0.3) is 6.08 Å². The summed E-state index contributed by atoms with van der Waals surface area (Å²) in [5, 5.41) is -0.229. The second kappa shape index (κ2) is 18.6. The predicted molar refractivity (Wildman–Crippen MR) is 192 cm³/mol. The molecule has 1 saturated heterocycles. The minimum atomic E-state index is -0.435. The van der Waals surface area contributed by atoms with Gasteiger partial charge in [-0.2, -0.15) is 0 Å². The topological polar surface area (TPSA) is 46.2 Å². The maximum absolute atomic E-state index is 6.99. The summed E-state index contributed by atoms with van der Waals surface area (Å²) in [5.74, 6) is 0. The average molecular weight is 706 g/mol. The van der Waals surface area contributed by atoms with Crippen molar-refractivity contribution in [2.75, 3.05) is 13.2 Å². The maximum atomic E-state index is 6.99. The van der Waals surface area contributed by atoms with Crippen LogP contribution in [-0.2, 0) is 43.5 Å². The van der Waals surface area contributed by atoms with Crippen molar-refractivity contribution >= 4 is 25.5 Å². The SMILES string of the molecule is C(=C\c1ccccc1)/CO[C@@H]1[C@@H](OCc2ccccc2)[C@H](OCc2ccccc2)[C@@H](COCc2ccccc2)O[C@H]1[Se]c1ccccc1. The summed E-state index contributed by atoms with van der Waals surface area (Å²) in [6, 6.07) is 51.5. The molecule has 6 heteroatoms. The van der Waals surface area contributed by atoms with Gasteiger partial charge in [-0.25, -0.2) is 0 Å². The third-order valence-electron chi connectivity index (χ3n) is 8.05. The first kappa shape index (κ1) is 34.0. The fourth-order valence-corrected chi connectivity index (χ4v) is 8.03. The minimum absolute atomic E-state index is 0.0640. The van der Waals surface area contributed by atoms with Gasteiger partial charge >= 0.3 is 292 Å². The Balaban J connectivity index is 1.29. The van der Waals surface area contributed by atoms with Crippen LogP contribution in [-0.4, -0.2) is 57.6 Å². The molecule has 1 fully saturated rings. The van der Waals surface area contributed by atoms with Crippen molar-refractivity contribution in [3.8, 4) is 0 Å². The van der Waals surface area contributed by atoms with E-state index < -0.39 is 12.2 Å². The van der Waals surface area contributed by atoms with E-state index in [9.17, 15) is 0 Å². The summed E-state index contributed by atoms with van der Waals surface area (Å²) in [4.78, 5) is 0. The Morgan fingerprint density at radius 2 is 1.02 bits per heavy atom. The third kappa shape index (κ3) is 10.3. The molecule has 0 unspecified atom stereocenters. The van der Waals surface area contributed by atoms with Gasteiger partial charge in [-0.05, 0) is 0 Å². The molecule has 1 aliphatic rings. The number of rotatable bonds is 16. The summed E-state index contributed by atoms with van der Waals surface area (Å²) in [6.07, 6.45) is 2.56. The van der Waals surface area contributed by atoms with Gasteiger partial charge in [-0.15, -0.1) is 0 Å². The molecular weight excluding hydrogens is 663 g/mol. The predicted octanol–water partition coefficient (Wildman–Crippen LogP) is 7.23. The van der Waals surface area contributed by atoms with E-state index in [1.54, 1.807) is 0 Å². The van der Waals surface area contributed by atoms with Gasteiger partial charge in [0.05, 0.1) is 0 Å². The molecule has 246 valence electrons. The van der Waals surface area contributed by atoms with Crippen molar-refractivity contribution in [1.82, 2.24) is 0 Å². The molecule has 6 rings (SSSR count). The molecule has 1 aliphatic heterocycles.